The maximum Gasteiger partial charge on any atom is 0.243 e. The molecule has 1 amide bonds. The number of nitrogen functional groups attached to an aromatic ring is 1. The smallest absolute Gasteiger partial charge is 0.243 e. The van der Waals surface area contributed by atoms with Crippen LogP contribution in [0.5, 0.6) is 0 Å². The second-order valence-electron chi connectivity index (χ2n) is 6.47. The summed E-state index contributed by atoms with van der Waals surface area (Å²) in [5.74, 6) is 1.47. The van der Waals surface area contributed by atoms with Crippen LogP contribution in [0, 0.1) is 6.92 Å². The van der Waals surface area contributed by atoms with Gasteiger partial charge in [0.05, 0.1) is 6.04 Å². The molecule has 3 rings (SSSR count). The first-order chi connectivity index (χ1) is 12.0. The van der Waals surface area contributed by atoms with E-state index in [4.69, 9.17) is 10.3 Å². The molecule has 0 spiro atoms. The highest BCUT2D eigenvalue weighted by atomic mass is 16.5. The van der Waals surface area contributed by atoms with Gasteiger partial charge in [-0.1, -0.05) is 23.4 Å². The lowest BCUT2D eigenvalue weighted by molar-refractivity contribution is -0.133. The number of carbonyl (C=O) groups is 1. The molecule has 0 aliphatic carbocycles. The van der Waals surface area contributed by atoms with Crippen molar-refractivity contribution >= 4 is 11.6 Å². The number of nitrogens with zero attached hydrogens (tertiary/aromatic N) is 4. The predicted molar refractivity (Wildman–Crippen MR) is 94.8 cm³/mol. The minimum absolute atomic E-state index is 0.0718. The van der Waals surface area contributed by atoms with Gasteiger partial charge in [-0.15, -0.1) is 0 Å². The Morgan fingerprint density at radius 3 is 2.64 bits per heavy atom. The van der Waals surface area contributed by atoms with Crippen LogP contribution in [0.25, 0.3) is 0 Å². The monoisotopic (exact) mass is 343 g/mol. The zero-order valence-electron chi connectivity index (χ0n) is 14.8. The Bertz CT molecular complexity index is 722. The first kappa shape index (κ1) is 17.4. The van der Waals surface area contributed by atoms with Crippen molar-refractivity contribution in [2.75, 3.05) is 31.9 Å². The van der Waals surface area contributed by atoms with Gasteiger partial charge in [0.2, 0.25) is 11.8 Å². The summed E-state index contributed by atoms with van der Waals surface area (Å²) in [5, 5.41) is 3.85. The molecule has 0 saturated carbocycles. The molecule has 2 heterocycles. The number of benzene rings is 1. The standard InChI is InChI=1S/C18H25N5O2/c1-13(18-20-14(2)21-25-18)22-9-11-23(12-10-22)17(24)8-7-15-5-3-4-6-16(15)19/h3-6,13H,7-12,19H2,1-2H3. The van der Waals surface area contributed by atoms with Crippen LogP contribution in [0.4, 0.5) is 5.69 Å². The first-order valence-corrected chi connectivity index (χ1v) is 8.70. The third-order valence-electron chi connectivity index (χ3n) is 4.78. The maximum absolute atomic E-state index is 12.5. The lowest BCUT2D eigenvalue weighted by atomic mass is 10.1. The molecular weight excluding hydrogens is 318 g/mol. The van der Waals surface area contributed by atoms with Gasteiger partial charge < -0.3 is 15.2 Å². The fourth-order valence-electron chi connectivity index (χ4n) is 3.16. The van der Waals surface area contributed by atoms with Crippen LogP contribution < -0.4 is 5.73 Å². The van der Waals surface area contributed by atoms with Crippen molar-refractivity contribution in [2.45, 2.75) is 32.7 Å². The van der Waals surface area contributed by atoms with Crippen LogP contribution in [-0.4, -0.2) is 52.0 Å². The van der Waals surface area contributed by atoms with Gasteiger partial charge >= 0.3 is 0 Å². The van der Waals surface area contributed by atoms with E-state index in [0.29, 0.717) is 24.6 Å². The van der Waals surface area contributed by atoms with Gasteiger partial charge in [0.1, 0.15) is 0 Å². The van der Waals surface area contributed by atoms with E-state index in [1.807, 2.05) is 36.1 Å². The van der Waals surface area contributed by atoms with Crippen molar-refractivity contribution in [1.29, 1.82) is 0 Å². The number of anilines is 1. The molecule has 1 aromatic carbocycles. The zero-order valence-corrected chi connectivity index (χ0v) is 14.8. The third kappa shape index (κ3) is 4.17. The minimum Gasteiger partial charge on any atom is -0.399 e. The van der Waals surface area contributed by atoms with Gasteiger partial charge in [0.25, 0.3) is 0 Å². The number of hydrogen-bond acceptors (Lipinski definition) is 6. The van der Waals surface area contributed by atoms with E-state index in [-0.39, 0.29) is 11.9 Å². The van der Waals surface area contributed by atoms with E-state index in [9.17, 15) is 4.79 Å². The fraction of sp³-hybridized carbons (Fsp3) is 0.500. The van der Waals surface area contributed by atoms with Crippen molar-refractivity contribution < 1.29 is 9.32 Å². The van der Waals surface area contributed by atoms with Crippen molar-refractivity contribution in [2.24, 2.45) is 0 Å². The number of aromatic nitrogens is 2. The fourth-order valence-corrected chi connectivity index (χ4v) is 3.16. The number of rotatable bonds is 5. The van der Waals surface area contributed by atoms with E-state index in [1.165, 1.54) is 0 Å². The first-order valence-electron chi connectivity index (χ1n) is 8.70. The van der Waals surface area contributed by atoms with Gasteiger partial charge in [0.15, 0.2) is 5.82 Å². The largest absolute Gasteiger partial charge is 0.399 e. The van der Waals surface area contributed by atoms with Crippen LogP contribution in [0.2, 0.25) is 0 Å². The lowest BCUT2D eigenvalue weighted by Gasteiger charge is -2.36. The molecule has 0 radical (unpaired) electrons. The van der Waals surface area contributed by atoms with Crippen LogP contribution in [-0.2, 0) is 11.2 Å². The molecule has 1 unspecified atom stereocenters. The number of para-hydroxylation sites is 1. The van der Waals surface area contributed by atoms with E-state index in [1.54, 1.807) is 0 Å². The molecule has 2 aromatic rings. The second-order valence-corrected chi connectivity index (χ2v) is 6.47. The third-order valence-corrected chi connectivity index (χ3v) is 4.78. The molecule has 7 nitrogen and oxygen atoms in total. The molecule has 1 saturated heterocycles. The van der Waals surface area contributed by atoms with Gasteiger partial charge in [-0.2, -0.15) is 4.98 Å². The molecule has 7 heteroatoms. The molecule has 1 aromatic heterocycles. The summed E-state index contributed by atoms with van der Waals surface area (Å²) >= 11 is 0. The van der Waals surface area contributed by atoms with Gasteiger partial charge in [-0.05, 0) is 31.9 Å². The number of carbonyl (C=O) groups excluding carboxylic acids is 1. The molecule has 1 aliphatic rings. The Morgan fingerprint density at radius 2 is 2.00 bits per heavy atom. The maximum atomic E-state index is 12.5. The Balaban J connectivity index is 1.48. The topological polar surface area (TPSA) is 88.5 Å². The van der Waals surface area contributed by atoms with E-state index < -0.39 is 0 Å². The summed E-state index contributed by atoms with van der Waals surface area (Å²) in [5.41, 5.74) is 7.73. The van der Waals surface area contributed by atoms with Crippen molar-refractivity contribution in [1.82, 2.24) is 19.9 Å². The Labute approximate surface area is 147 Å². The summed E-state index contributed by atoms with van der Waals surface area (Å²) in [6.45, 7) is 6.93. The highest BCUT2D eigenvalue weighted by molar-refractivity contribution is 5.76. The van der Waals surface area contributed by atoms with E-state index in [0.717, 1.165) is 37.4 Å². The Morgan fingerprint density at radius 1 is 1.28 bits per heavy atom. The molecule has 25 heavy (non-hydrogen) atoms. The molecule has 0 bridgehead atoms. The van der Waals surface area contributed by atoms with Crippen LogP contribution in [0.3, 0.4) is 0 Å². The minimum atomic E-state index is 0.0718. The average Bonchev–Trinajstić information content (AvgIpc) is 3.07. The zero-order chi connectivity index (χ0) is 17.8. The molecule has 134 valence electrons. The number of nitrogens with two attached hydrogens (primary N) is 1. The molecule has 1 atom stereocenters. The highest BCUT2D eigenvalue weighted by Crippen LogP contribution is 2.20. The molecule has 1 fully saturated rings. The summed E-state index contributed by atoms with van der Waals surface area (Å²) in [7, 11) is 0. The summed E-state index contributed by atoms with van der Waals surface area (Å²) < 4.78 is 5.26. The van der Waals surface area contributed by atoms with Gasteiger partial charge in [-0.25, -0.2) is 0 Å². The summed E-state index contributed by atoms with van der Waals surface area (Å²) in [4.78, 5) is 21.0. The highest BCUT2D eigenvalue weighted by Gasteiger charge is 2.27. The number of hydrogen-bond donors (Lipinski definition) is 1. The number of piperazine rings is 1. The normalized spacial score (nSPS) is 16.8. The van der Waals surface area contributed by atoms with Crippen LogP contribution in [0.1, 0.15) is 36.7 Å². The second kappa shape index (κ2) is 7.65. The van der Waals surface area contributed by atoms with Crippen LogP contribution >= 0.6 is 0 Å². The Hall–Kier alpha value is -2.41. The predicted octanol–water partition coefficient (Wildman–Crippen LogP) is 1.80. The van der Waals surface area contributed by atoms with Gasteiger partial charge in [-0.3, -0.25) is 9.69 Å². The van der Waals surface area contributed by atoms with Crippen molar-refractivity contribution in [3.05, 3.63) is 41.5 Å². The number of amides is 1. The SMILES string of the molecule is Cc1noc(C(C)N2CCN(C(=O)CCc3ccccc3N)CC2)n1. The summed E-state index contributed by atoms with van der Waals surface area (Å²) in [6.07, 6.45) is 1.18. The quantitative estimate of drug-likeness (QED) is 0.833. The average molecular weight is 343 g/mol. The summed E-state index contributed by atoms with van der Waals surface area (Å²) in [6, 6.07) is 7.79. The van der Waals surface area contributed by atoms with E-state index >= 15 is 0 Å². The van der Waals surface area contributed by atoms with Crippen LogP contribution in [0.15, 0.2) is 28.8 Å². The van der Waals surface area contributed by atoms with Crippen molar-refractivity contribution in [3.8, 4) is 0 Å². The molecular formula is C18H25N5O2. The molecule has 2 N–H and O–H groups in total. The lowest BCUT2D eigenvalue weighted by Crippen LogP contribution is -2.49. The van der Waals surface area contributed by atoms with Gasteiger partial charge in [0, 0.05) is 38.3 Å². The van der Waals surface area contributed by atoms with E-state index in [2.05, 4.69) is 22.0 Å². The Kier molecular flexibility index (Phi) is 5.33. The number of aryl methyl sites for hydroxylation is 2. The molecule has 1 aliphatic heterocycles. The van der Waals surface area contributed by atoms with Crippen molar-refractivity contribution in [3.63, 3.8) is 0 Å².